The maximum Gasteiger partial charge on any atom is 0.195 e. The van der Waals surface area contributed by atoms with E-state index in [1.807, 2.05) is 0 Å². The van der Waals surface area contributed by atoms with Gasteiger partial charge in [0.25, 0.3) is 0 Å². The normalized spacial score (nSPS) is 10.8. The monoisotopic (exact) mass is 241 g/mol. The lowest BCUT2D eigenvalue weighted by atomic mass is 10.1. The summed E-state index contributed by atoms with van der Waals surface area (Å²) in [6.45, 7) is 0.761. The third-order valence-electron chi connectivity index (χ3n) is 2.34. The quantitative estimate of drug-likeness (QED) is 0.808. The fourth-order valence-corrected chi connectivity index (χ4v) is 1.56. The van der Waals surface area contributed by atoms with E-state index in [0.29, 0.717) is 13.1 Å². The van der Waals surface area contributed by atoms with Gasteiger partial charge in [-0.25, -0.2) is 18.2 Å². The Morgan fingerprint density at radius 2 is 1.94 bits per heavy atom. The van der Waals surface area contributed by atoms with Crippen molar-refractivity contribution in [2.24, 2.45) is 5.73 Å². The van der Waals surface area contributed by atoms with E-state index in [0.717, 1.165) is 6.07 Å². The highest BCUT2D eigenvalue weighted by Gasteiger charge is 2.15. The molecule has 0 saturated carbocycles. The fraction of sp³-hybridized carbons (Fsp3) is 0.182. The molecule has 0 fully saturated rings. The average Bonchev–Trinajstić information content (AvgIpc) is 2.34. The Hall–Kier alpha value is -1.82. The summed E-state index contributed by atoms with van der Waals surface area (Å²) in [5.41, 5.74) is 5.31. The standard InChI is InChI=1S/C11H10F3N3/c12-8-5-7-6(9(13)10(8)14)1-3-16-11(7)17-4-2-15/h1,3,5H,2,4,15H2,(H,16,17). The van der Waals surface area contributed by atoms with E-state index in [1.165, 1.54) is 12.3 Å². The van der Waals surface area contributed by atoms with Gasteiger partial charge in [0.15, 0.2) is 17.5 Å². The third-order valence-corrected chi connectivity index (χ3v) is 2.34. The summed E-state index contributed by atoms with van der Waals surface area (Å²) in [4.78, 5) is 3.93. The van der Waals surface area contributed by atoms with Crippen LogP contribution >= 0.6 is 0 Å². The lowest BCUT2D eigenvalue weighted by molar-refractivity contribution is 0.453. The van der Waals surface area contributed by atoms with Gasteiger partial charge in [-0.1, -0.05) is 0 Å². The van der Waals surface area contributed by atoms with Crippen LogP contribution in [0.5, 0.6) is 0 Å². The van der Waals surface area contributed by atoms with Crippen molar-refractivity contribution in [1.82, 2.24) is 4.98 Å². The maximum atomic E-state index is 13.5. The second-order valence-electron chi connectivity index (χ2n) is 3.46. The lowest BCUT2D eigenvalue weighted by Crippen LogP contribution is -2.14. The molecule has 0 radical (unpaired) electrons. The van der Waals surface area contributed by atoms with Crippen LogP contribution in [-0.2, 0) is 0 Å². The van der Waals surface area contributed by atoms with Crippen LogP contribution in [0.25, 0.3) is 10.8 Å². The number of nitrogens with zero attached hydrogens (tertiary/aromatic N) is 1. The zero-order chi connectivity index (χ0) is 12.4. The second-order valence-corrected chi connectivity index (χ2v) is 3.46. The number of hydrogen-bond acceptors (Lipinski definition) is 3. The zero-order valence-electron chi connectivity index (χ0n) is 8.80. The molecule has 3 N–H and O–H groups in total. The molecule has 17 heavy (non-hydrogen) atoms. The molecule has 0 atom stereocenters. The number of anilines is 1. The number of hydrogen-bond donors (Lipinski definition) is 2. The van der Waals surface area contributed by atoms with E-state index < -0.39 is 17.5 Å². The smallest absolute Gasteiger partial charge is 0.195 e. The first-order chi connectivity index (χ1) is 8.15. The summed E-state index contributed by atoms with van der Waals surface area (Å²) >= 11 is 0. The lowest BCUT2D eigenvalue weighted by Gasteiger charge is -2.08. The summed E-state index contributed by atoms with van der Waals surface area (Å²) in [5.74, 6) is -3.64. The summed E-state index contributed by atoms with van der Waals surface area (Å²) in [6, 6.07) is 2.21. The number of benzene rings is 1. The van der Waals surface area contributed by atoms with E-state index in [4.69, 9.17) is 5.73 Å². The molecule has 1 heterocycles. The van der Waals surface area contributed by atoms with Gasteiger partial charge in [-0.15, -0.1) is 0 Å². The fourth-order valence-electron chi connectivity index (χ4n) is 1.56. The largest absolute Gasteiger partial charge is 0.368 e. The number of fused-ring (bicyclic) bond motifs is 1. The molecule has 0 unspecified atom stereocenters. The molecular formula is C11H10F3N3. The van der Waals surface area contributed by atoms with Gasteiger partial charge in [0, 0.05) is 30.1 Å². The van der Waals surface area contributed by atoms with Crippen molar-refractivity contribution >= 4 is 16.6 Å². The van der Waals surface area contributed by atoms with Gasteiger partial charge >= 0.3 is 0 Å². The first-order valence-electron chi connectivity index (χ1n) is 5.01. The second kappa shape index (κ2) is 4.58. The SMILES string of the molecule is NCCNc1nccc2c(F)c(F)c(F)cc12. The minimum Gasteiger partial charge on any atom is -0.368 e. The molecule has 2 aromatic rings. The molecule has 1 aromatic carbocycles. The van der Waals surface area contributed by atoms with E-state index in [2.05, 4.69) is 10.3 Å². The van der Waals surface area contributed by atoms with Crippen molar-refractivity contribution in [2.45, 2.75) is 0 Å². The number of halogens is 3. The number of nitrogens with one attached hydrogen (secondary N) is 1. The van der Waals surface area contributed by atoms with Crippen LogP contribution in [0.2, 0.25) is 0 Å². The van der Waals surface area contributed by atoms with Crippen molar-refractivity contribution in [3.05, 3.63) is 35.8 Å². The molecule has 3 nitrogen and oxygen atoms in total. The van der Waals surface area contributed by atoms with Gasteiger partial charge < -0.3 is 11.1 Å². The molecule has 0 spiro atoms. The highest BCUT2D eigenvalue weighted by molar-refractivity contribution is 5.92. The summed E-state index contributed by atoms with van der Waals surface area (Å²) < 4.78 is 39.6. The van der Waals surface area contributed by atoms with E-state index in [1.54, 1.807) is 0 Å². The van der Waals surface area contributed by atoms with Gasteiger partial charge in [-0.05, 0) is 12.1 Å². The van der Waals surface area contributed by atoms with Crippen molar-refractivity contribution < 1.29 is 13.2 Å². The van der Waals surface area contributed by atoms with E-state index in [9.17, 15) is 13.2 Å². The third kappa shape index (κ3) is 2.03. The molecule has 0 aliphatic carbocycles. The molecule has 0 aliphatic heterocycles. The van der Waals surface area contributed by atoms with Crippen molar-refractivity contribution in [3.63, 3.8) is 0 Å². The Balaban J connectivity index is 2.64. The van der Waals surface area contributed by atoms with Crippen LogP contribution in [0.1, 0.15) is 0 Å². The molecule has 0 bridgehead atoms. The first kappa shape index (κ1) is 11.7. The van der Waals surface area contributed by atoms with Crippen LogP contribution in [0.15, 0.2) is 18.3 Å². The minimum atomic E-state index is -1.48. The summed E-state index contributed by atoms with van der Waals surface area (Å²) in [7, 11) is 0. The van der Waals surface area contributed by atoms with Crippen molar-refractivity contribution in [1.29, 1.82) is 0 Å². The Morgan fingerprint density at radius 1 is 1.18 bits per heavy atom. The van der Waals surface area contributed by atoms with E-state index in [-0.39, 0.29) is 16.6 Å². The van der Waals surface area contributed by atoms with Gasteiger partial charge in [-0.3, -0.25) is 0 Å². The zero-order valence-corrected chi connectivity index (χ0v) is 8.80. The molecule has 0 amide bonds. The highest BCUT2D eigenvalue weighted by atomic mass is 19.2. The molecular weight excluding hydrogens is 231 g/mol. The van der Waals surface area contributed by atoms with Gasteiger partial charge in [0.05, 0.1) is 0 Å². The average molecular weight is 241 g/mol. The van der Waals surface area contributed by atoms with Crippen LogP contribution in [-0.4, -0.2) is 18.1 Å². The summed E-state index contributed by atoms with van der Waals surface area (Å²) in [6.07, 6.45) is 1.32. The topological polar surface area (TPSA) is 50.9 Å². The maximum absolute atomic E-state index is 13.5. The Kier molecular flexibility index (Phi) is 3.14. The van der Waals surface area contributed by atoms with E-state index >= 15 is 0 Å². The van der Waals surface area contributed by atoms with Crippen LogP contribution in [0.4, 0.5) is 19.0 Å². The number of aromatic nitrogens is 1. The van der Waals surface area contributed by atoms with Crippen molar-refractivity contribution in [3.8, 4) is 0 Å². The van der Waals surface area contributed by atoms with Crippen molar-refractivity contribution in [2.75, 3.05) is 18.4 Å². The van der Waals surface area contributed by atoms with Crippen LogP contribution < -0.4 is 11.1 Å². The Morgan fingerprint density at radius 3 is 2.65 bits per heavy atom. The number of pyridine rings is 1. The highest BCUT2D eigenvalue weighted by Crippen LogP contribution is 2.26. The predicted octanol–water partition coefficient (Wildman–Crippen LogP) is 2.02. The minimum absolute atomic E-state index is 0.0154. The number of nitrogens with two attached hydrogens (primary N) is 1. The molecule has 0 aliphatic rings. The molecule has 0 saturated heterocycles. The van der Waals surface area contributed by atoms with Crippen LogP contribution in [0, 0.1) is 17.5 Å². The predicted molar refractivity (Wildman–Crippen MR) is 59.2 cm³/mol. The van der Waals surface area contributed by atoms with Gasteiger partial charge in [-0.2, -0.15) is 0 Å². The molecule has 1 aromatic heterocycles. The summed E-state index contributed by atoms with van der Waals surface area (Å²) in [5, 5.41) is 3.00. The molecule has 6 heteroatoms. The van der Waals surface area contributed by atoms with Gasteiger partial charge in [0.2, 0.25) is 0 Å². The first-order valence-corrected chi connectivity index (χ1v) is 5.01. The molecule has 90 valence electrons. The van der Waals surface area contributed by atoms with Crippen LogP contribution in [0.3, 0.4) is 0 Å². The van der Waals surface area contributed by atoms with Gasteiger partial charge in [0.1, 0.15) is 5.82 Å². The number of rotatable bonds is 3. The Labute approximate surface area is 95.4 Å². The Bertz CT molecular complexity index is 557. The molecule has 2 rings (SSSR count).